The largest absolute Gasteiger partial charge is 0.497 e. The molecule has 0 radical (unpaired) electrons. The smallest absolute Gasteiger partial charge is 0.335 e. The van der Waals surface area contributed by atoms with Crippen molar-refractivity contribution >= 4 is 35.3 Å². The van der Waals surface area contributed by atoms with Crippen LogP contribution in [0.1, 0.15) is 12.5 Å². The van der Waals surface area contributed by atoms with Gasteiger partial charge in [0.1, 0.15) is 17.1 Å². The Labute approximate surface area is 185 Å². The Kier molecular flexibility index (Phi) is 7.11. The minimum absolute atomic E-state index is 0.00764. The number of imide groups is 2. The van der Waals surface area contributed by atoms with Crippen LogP contribution in [-0.2, 0) is 9.59 Å². The average molecular weight is 439 g/mol. The summed E-state index contributed by atoms with van der Waals surface area (Å²) in [5.41, 5.74) is 1.44. The van der Waals surface area contributed by atoms with Crippen molar-refractivity contribution in [3.8, 4) is 11.5 Å². The molecule has 32 heavy (non-hydrogen) atoms. The molecular weight excluding hydrogens is 414 g/mol. The second-order valence-corrected chi connectivity index (χ2v) is 6.89. The summed E-state index contributed by atoms with van der Waals surface area (Å²) >= 11 is 0. The van der Waals surface area contributed by atoms with E-state index in [1.54, 1.807) is 42.5 Å². The zero-order valence-corrected chi connectivity index (χ0v) is 18.1. The van der Waals surface area contributed by atoms with E-state index < -0.39 is 17.8 Å². The summed E-state index contributed by atoms with van der Waals surface area (Å²) < 4.78 is 10.5. The standard InChI is InChI=1S/C23H25N3O6/c1-4-25(11-12-27)16-6-8-17(9-7-16)26-22(29)19(21(28)24-23(26)30)13-15-5-10-18(31-2)14-20(15)32-3/h5-10,13-14,27H,4,11-12H2,1-3H3,(H,24,28,30)/b19-13-. The van der Waals surface area contributed by atoms with Crippen molar-refractivity contribution in [3.63, 3.8) is 0 Å². The van der Waals surface area contributed by atoms with E-state index in [2.05, 4.69) is 5.32 Å². The third kappa shape index (κ3) is 4.57. The van der Waals surface area contributed by atoms with Gasteiger partial charge in [-0.1, -0.05) is 0 Å². The van der Waals surface area contributed by atoms with Crippen LogP contribution >= 0.6 is 0 Å². The highest BCUT2D eigenvalue weighted by molar-refractivity contribution is 6.39. The fraction of sp³-hybridized carbons (Fsp3) is 0.261. The summed E-state index contributed by atoms with van der Waals surface area (Å²) in [6, 6.07) is 10.9. The lowest BCUT2D eigenvalue weighted by atomic mass is 10.1. The van der Waals surface area contributed by atoms with Crippen molar-refractivity contribution in [1.82, 2.24) is 5.32 Å². The van der Waals surface area contributed by atoms with E-state index in [0.29, 0.717) is 35.8 Å². The highest BCUT2D eigenvalue weighted by atomic mass is 16.5. The molecule has 0 aromatic heterocycles. The van der Waals surface area contributed by atoms with Crippen LogP contribution in [0.3, 0.4) is 0 Å². The van der Waals surface area contributed by atoms with Gasteiger partial charge in [-0.15, -0.1) is 0 Å². The molecule has 2 N–H and O–H groups in total. The number of amides is 4. The monoisotopic (exact) mass is 439 g/mol. The van der Waals surface area contributed by atoms with E-state index in [0.717, 1.165) is 10.6 Å². The number of ether oxygens (including phenoxy) is 2. The van der Waals surface area contributed by atoms with Gasteiger partial charge in [-0.05, 0) is 49.4 Å². The fourth-order valence-corrected chi connectivity index (χ4v) is 3.39. The van der Waals surface area contributed by atoms with Crippen LogP contribution in [-0.4, -0.2) is 56.9 Å². The van der Waals surface area contributed by atoms with Crippen LogP contribution < -0.4 is 24.6 Å². The number of aliphatic hydroxyl groups excluding tert-OH is 1. The van der Waals surface area contributed by atoms with E-state index in [1.807, 2.05) is 11.8 Å². The van der Waals surface area contributed by atoms with Gasteiger partial charge in [0.25, 0.3) is 11.8 Å². The van der Waals surface area contributed by atoms with Gasteiger partial charge in [0, 0.05) is 30.4 Å². The van der Waals surface area contributed by atoms with Crippen LogP contribution in [0.2, 0.25) is 0 Å². The molecule has 9 heteroatoms. The van der Waals surface area contributed by atoms with Gasteiger partial charge in [0.05, 0.1) is 26.5 Å². The van der Waals surface area contributed by atoms with Gasteiger partial charge < -0.3 is 19.5 Å². The van der Waals surface area contributed by atoms with E-state index >= 15 is 0 Å². The van der Waals surface area contributed by atoms with Crippen molar-refractivity contribution in [2.24, 2.45) is 0 Å². The summed E-state index contributed by atoms with van der Waals surface area (Å²) in [7, 11) is 2.98. The Bertz CT molecular complexity index is 1050. The molecule has 1 heterocycles. The van der Waals surface area contributed by atoms with Crippen LogP contribution in [0, 0.1) is 0 Å². The number of barbiturate groups is 1. The molecule has 9 nitrogen and oxygen atoms in total. The summed E-state index contributed by atoms with van der Waals surface area (Å²) in [5.74, 6) is -0.561. The Morgan fingerprint density at radius 3 is 2.38 bits per heavy atom. The van der Waals surface area contributed by atoms with Crippen LogP contribution in [0.15, 0.2) is 48.0 Å². The van der Waals surface area contributed by atoms with Crippen molar-refractivity contribution in [2.45, 2.75) is 6.92 Å². The van der Waals surface area contributed by atoms with E-state index in [-0.39, 0.29) is 12.2 Å². The van der Waals surface area contributed by atoms with Crippen LogP contribution in [0.4, 0.5) is 16.2 Å². The molecule has 168 valence electrons. The normalized spacial score (nSPS) is 15.1. The van der Waals surface area contributed by atoms with Crippen molar-refractivity contribution in [3.05, 3.63) is 53.6 Å². The van der Waals surface area contributed by atoms with E-state index in [9.17, 15) is 19.5 Å². The molecule has 1 fully saturated rings. The van der Waals surface area contributed by atoms with Gasteiger partial charge >= 0.3 is 6.03 Å². The molecule has 1 aliphatic rings. The molecule has 1 saturated heterocycles. The number of carbonyl (C=O) groups is 3. The zero-order valence-electron chi connectivity index (χ0n) is 18.1. The molecule has 4 amide bonds. The average Bonchev–Trinajstić information content (AvgIpc) is 2.80. The van der Waals surface area contributed by atoms with Crippen LogP contribution in [0.5, 0.6) is 11.5 Å². The summed E-state index contributed by atoms with van der Waals surface area (Å²) in [6.07, 6.45) is 1.38. The lowest BCUT2D eigenvalue weighted by molar-refractivity contribution is -0.122. The maximum Gasteiger partial charge on any atom is 0.335 e. The lowest BCUT2D eigenvalue weighted by Crippen LogP contribution is -2.54. The van der Waals surface area contributed by atoms with E-state index in [4.69, 9.17) is 9.47 Å². The highest BCUT2D eigenvalue weighted by Crippen LogP contribution is 2.29. The number of likely N-dealkylation sites (N-methyl/N-ethyl adjacent to an activating group) is 1. The number of hydrogen-bond donors (Lipinski definition) is 2. The number of urea groups is 1. The summed E-state index contributed by atoms with van der Waals surface area (Å²) in [6.45, 7) is 3.12. The van der Waals surface area contributed by atoms with Gasteiger partial charge in [-0.3, -0.25) is 14.9 Å². The predicted octanol–water partition coefficient (Wildman–Crippen LogP) is 2.19. The second-order valence-electron chi connectivity index (χ2n) is 6.89. The van der Waals surface area contributed by atoms with E-state index in [1.165, 1.54) is 20.3 Å². The zero-order chi connectivity index (χ0) is 23.3. The molecule has 2 aromatic rings. The van der Waals surface area contributed by atoms with Crippen molar-refractivity contribution in [1.29, 1.82) is 0 Å². The third-order valence-electron chi connectivity index (χ3n) is 5.07. The number of carbonyl (C=O) groups excluding carboxylic acids is 3. The van der Waals surface area contributed by atoms with Gasteiger partial charge in [-0.25, -0.2) is 9.69 Å². The summed E-state index contributed by atoms with van der Waals surface area (Å²) in [5, 5.41) is 11.4. The maximum absolute atomic E-state index is 13.1. The first-order valence-corrected chi connectivity index (χ1v) is 10.0. The summed E-state index contributed by atoms with van der Waals surface area (Å²) in [4.78, 5) is 40.9. The number of hydrogen-bond acceptors (Lipinski definition) is 7. The topological polar surface area (TPSA) is 108 Å². The Hall–Kier alpha value is -3.85. The SMILES string of the molecule is CCN(CCO)c1ccc(N2C(=O)NC(=O)/C(=C/c3ccc(OC)cc3OC)C2=O)cc1. The number of nitrogens with zero attached hydrogens (tertiary/aromatic N) is 2. The quantitative estimate of drug-likeness (QED) is 0.479. The predicted molar refractivity (Wildman–Crippen MR) is 120 cm³/mol. The first-order chi connectivity index (χ1) is 15.4. The molecule has 0 bridgehead atoms. The number of aliphatic hydroxyl groups is 1. The van der Waals surface area contributed by atoms with Crippen molar-refractivity contribution < 1.29 is 29.0 Å². The van der Waals surface area contributed by atoms with Crippen molar-refractivity contribution in [2.75, 3.05) is 43.7 Å². The first-order valence-electron chi connectivity index (χ1n) is 10.0. The minimum Gasteiger partial charge on any atom is -0.497 e. The molecule has 3 rings (SSSR count). The number of rotatable bonds is 8. The third-order valence-corrected chi connectivity index (χ3v) is 5.07. The lowest BCUT2D eigenvalue weighted by Gasteiger charge is -2.27. The number of anilines is 2. The molecule has 0 spiro atoms. The number of benzene rings is 2. The Morgan fingerprint density at radius 1 is 1.06 bits per heavy atom. The molecular formula is C23H25N3O6. The molecule has 0 unspecified atom stereocenters. The number of nitrogens with one attached hydrogen (secondary N) is 1. The van der Waals surface area contributed by atoms with Gasteiger partial charge in [-0.2, -0.15) is 0 Å². The highest BCUT2D eigenvalue weighted by Gasteiger charge is 2.37. The number of methoxy groups -OCH3 is 2. The van der Waals surface area contributed by atoms with Crippen LogP contribution in [0.25, 0.3) is 6.08 Å². The first kappa shape index (κ1) is 22.8. The minimum atomic E-state index is -0.825. The molecule has 0 aliphatic carbocycles. The Balaban J connectivity index is 1.94. The van der Waals surface area contributed by atoms with Gasteiger partial charge in [0.15, 0.2) is 0 Å². The fourth-order valence-electron chi connectivity index (χ4n) is 3.39. The molecule has 0 saturated carbocycles. The molecule has 0 atom stereocenters. The Morgan fingerprint density at radius 2 is 1.78 bits per heavy atom. The molecule has 1 aliphatic heterocycles. The van der Waals surface area contributed by atoms with Gasteiger partial charge in [0.2, 0.25) is 0 Å². The maximum atomic E-state index is 13.1. The molecule has 2 aromatic carbocycles. The second kappa shape index (κ2) is 9.97.